The minimum absolute atomic E-state index is 0.157. The summed E-state index contributed by atoms with van der Waals surface area (Å²) in [5.74, 6) is -0.411. The maximum absolute atomic E-state index is 10.7. The van der Waals surface area contributed by atoms with Crippen LogP contribution in [0.25, 0.3) is 0 Å². The normalized spacial score (nSPS) is 8.55. The smallest absolute Gasteiger partial charge is 0.289 e. The fraction of sp³-hybridized carbons (Fsp3) is 0.333. The van der Waals surface area contributed by atoms with E-state index in [4.69, 9.17) is 5.26 Å². The van der Waals surface area contributed by atoms with Crippen molar-refractivity contribution in [1.29, 1.82) is 5.26 Å². The van der Waals surface area contributed by atoms with E-state index in [9.17, 15) is 4.79 Å². The van der Waals surface area contributed by atoms with E-state index in [0.29, 0.717) is 0 Å². The highest BCUT2D eigenvalue weighted by Gasteiger charge is 2.13. The number of carbonyl (C=O) groups is 1. The largest absolute Gasteiger partial charge is 0.353 e. The van der Waals surface area contributed by atoms with Crippen LogP contribution in [-0.4, -0.2) is 18.4 Å². The molecule has 11 heavy (non-hydrogen) atoms. The average molecular weight is 189 g/mol. The van der Waals surface area contributed by atoms with Crippen molar-refractivity contribution >= 4 is 29.4 Å². The molecule has 0 rings (SSSR count). The van der Waals surface area contributed by atoms with Crippen LogP contribution >= 0.6 is 23.5 Å². The van der Waals surface area contributed by atoms with E-state index in [0.717, 1.165) is 4.24 Å². The molecule has 3 N–H and O–H groups in total. The monoisotopic (exact) mass is 189 g/mol. The summed E-state index contributed by atoms with van der Waals surface area (Å²) in [6, 6.07) is 1.83. The van der Waals surface area contributed by atoms with E-state index in [1.54, 1.807) is 0 Å². The summed E-state index contributed by atoms with van der Waals surface area (Å²) < 4.78 is 0.729. The molecule has 0 fully saturated rings. The fourth-order valence-electron chi connectivity index (χ4n) is 0.509. The van der Waals surface area contributed by atoms with Gasteiger partial charge in [0.25, 0.3) is 0 Å². The van der Waals surface area contributed by atoms with Crippen LogP contribution in [0.1, 0.15) is 0 Å². The van der Waals surface area contributed by atoms with Crippen molar-refractivity contribution in [3.8, 4) is 6.07 Å². The Morgan fingerprint density at radius 3 is 2.00 bits per heavy atom. The van der Waals surface area contributed by atoms with Gasteiger partial charge in [0.05, 0.1) is 4.24 Å². The Bertz CT molecular complexity index is 223. The lowest BCUT2D eigenvalue weighted by Gasteiger charge is -1.97. The van der Waals surface area contributed by atoms with Crippen LogP contribution in [0, 0.1) is 11.3 Å². The van der Waals surface area contributed by atoms with Gasteiger partial charge in [0.1, 0.15) is 6.07 Å². The lowest BCUT2D eigenvalue weighted by Crippen LogP contribution is -2.57. The summed E-state index contributed by atoms with van der Waals surface area (Å²) in [5.41, 5.74) is 3.34. The van der Waals surface area contributed by atoms with E-state index >= 15 is 0 Å². The zero-order valence-corrected chi connectivity index (χ0v) is 8.01. The second-order valence-electron chi connectivity index (χ2n) is 1.61. The van der Waals surface area contributed by atoms with Gasteiger partial charge >= 0.3 is 5.91 Å². The molecule has 3 nitrogen and oxygen atoms in total. The first-order chi connectivity index (χ1) is 5.17. The SMILES string of the molecule is CSC(SC)=C(C#N)C([NH3+])=O. The van der Waals surface area contributed by atoms with E-state index < -0.39 is 5.91 Å². The Morgan fingerprint density at radius 1 is 1.45 bits per heavy atom. The summed E-state index contributed by atoms with van der Waals surface area (Å²) >= 11 is 2.78. The van der Waals surface area contributed by atoms with Crippen molar-refractivity contribution in [2.75, 3.05) is 12.5 Å². The molecule has 0 aliphatic heterocycles. The number of nitrogens with zero attached hydrogens (tertiary/aromatic N) is 1. The average Bonchev–Trinajstić information content (AvgIpc) is 1.99. The number of hydrogen-bond acceptors (Lipinski definition) is 4. The number of carbonyl (C=O) groups excluding carboxylic acids is 1. The second kappa shape index (κ2) is 5.24. The molecule has 0 spiro atoms. The van der Waals surface area contributed by atoms with Crippen molar-refractivity contribution in [3.63, 3.8) is 0 Å². The van der Waals surface area contributed by atoms with E-state index in [1.807, 2.05) is 18.6 Å². The van der Waals surface area contributed by atoms with Crippen LogP contribution < -0.4 is 5.73 Å². The van der Waals surface area contributed by atoms with Gasteiger partial charge in [-0.3, -0.25) is 5.73 Å². The third-order valence-electron chi connectivity index (χ3n) is 0.966. The first kappa shape index (κ1) is 10.6. The standard InChI is InChI=1S/C6H8N2OS2/c1-10-6(11-2)4(3-7)5(8)9/h1-2H3,(H2,8,9)/p+1. The third-order valence-corrected chi connectivity index (χ3v) is 3.12. The van der Waals surface area contributed by atoms with Crippen molar-refractivity contribution in [3.05, 3.63) is 9.81 Å². The predicted molar refractivity (Wildman–Crippen MR) is 47.6 cm³/mol. The zero-order chi connectivity index (χ0) is 8.85. The van der Waals surface area contributed by atoms with Crippen LogP contribution in [0.5, 0.6) is 0 Å². The summed E-state index contributed by atoms with van der Waals surface area (Å²) in [6.07, 6.45) is 3.65. The van der Waals surface area contributed by atoms with Crippen molar-refractivity contribution < 1.29 is 10.5 Å². The molecule has 1 amide bonds. The predicted octanol–water partition coefficient (Wildman–Crippen LogP) is 0.216. The van der Waals surface area contributed by atoms with Crippen LogP contribution in [-0.2, 0) is 4.79 Å². The van der Waals surface area contributed by atoms with Gasteiger partial charge < -0.3 is 0 Å². The van der Waals surface area contributed by atoms with Gasteiger partial charge in [-0.1, -0.05) is 0 Å². The molecule has 0 aliphatic carbocycles. The van der Waals surface area contributed by atoms with Gasteiger partial charge in [0.15, 0.2) is 5.57 Å². The second-order valence-corrected chi connectivity index (χ2v) is 3.50. The first-order valence-electron chi connectivity index (χ1n) is 2.76. The van der Waals surface area contributed by atoms with Gasteiger partial charge in [-0.2, -0.15) is 5.26 Å². The Balaban J connectivity index is 4.82. The molecule has 0 atom stereocenters. The van der Waals surface area contributed by atoms with Gasteiger partial charge in [-0.05, 0) is 12.5 Å². The van der Waals surface area contributed by atoms with Crippen LogP contribution in [0.2, 0.25) is 0 Å². The zero-order valence-electron chi connectivity index (χ0n) is 6.38. The van der Waals surface area contributed by atoms with Crippen LogP contribution in [0.4, 0.5) is 0 Å². The molecule has 0 unspecified atom stereocenters. The highest BCUT2D eigenvalue weighted by atomic mass is 32.2. The number of nitriles is 1. The Morgan fingerprint density at radius 2 is 1.91 bits per heavy atom. The van der Waals surface area contributed by atoms with Crippen molar-refractivity contribution in [2.45, 2.75) is 0 Å². The number of quaternary nitrogens is 1. The number of thioether (sulfide) groups is 2. The maximum Gasteiger partial charge on any atom is 0.353 e. The molecule has 0 saturated heterocycles. The summed E-state index contributed by atoms with van der Waals surface area (Å²) in [6.45, 7) is 0. The van der Waals surface area contributed by atoms with Gasteiger partial charge in [-0.15, -0.1) is 23.5 Å². The highest BCUT2D eigenvalue weighted by molar-refractivity contribution is 8.21. The molecule has 0 heterocycles. The molecule has 0 aromatic carbocycles. The van der Waals surface area contributed by atoms with Crippen LogP contribution in [0.15, 0.2) is 9.81 Å². The van der Waals surface area contributed by atoms with Crippen molar-refractivity contribution in [1.82, 2.24) is 0 Å². The molecule has 0 aromatic heterocycles. The maximum atomic E-state index is 10.7. The van der Waals surface area contributed by atoms with Crippen LogP contribution in [0.3, 0.4) is 0 Å². The van der Waals surface area contributed by atoms with E-state index in [2.05, 4.69) is 5.73 Å². The molecule has 0 aromatic rings. The topological polar surface area (TPSA) is 68.5 Å². The first-order valence-corrected chi connectivity index (χ1v) is 5.21. The van der Waals surface area contributed by atoms with Crippen molar-refractivity contribution in [2.24, 2.45) is 0 Å². The Hall–Kier alpha value is -0.440. The van der Waals surface area contributed by atoms with Gasteiger partial charge in [-0.25, -0.2) is 4.79 Å². The molecule has 5 heteroatoms. The van der Waals surface area contributed by atoms with E-state index in [-0.39, 0.29) is 5.57 Å². The number of hydrogen-bond donors (Lipinski definition) is 1. The lowest BCUT2D eigenvalue weighted by molar-refractivity contribution is -0.298. The van der Waals surface area contributed by atoms with Gasteiger partial charge in [0, 0.05) is 0 Å². The Kier molecular flexibility index (Phi) is 5.03. The minimum atomic E-state index is -0.411. The summed E-state index contributed by atoms with van der Waals surface area (Å²) in [7, 11) is 0. The summed E-state index contributed by atoms with van der Waals surface area (Å²) in [4.78, 5) is 10.7. The molecule has 0 bridgehead atoms. The Labute approximate surface area is 74.0 Å². The van der Waals surface area contributed by atoms with Gasteiger partial charge in [0.2, 0.25) is 0 Å². The summed E-state index contributed by atoms with van der Waals surface area (Å²) in [5, 5.41) is 8.53. The molecule has 0 aliphatic rings. The van der Waals surface area contributed by atoms with E-state index in [1.165, 1.54) is 23.5 Å². The fourth-order valence-corrected chi connectivity index (χ4v) is 1.90. The number of amides is 1. The molecule has 0 saturated carbocycles. The molecule has 60 valence electrons. The minimum Gasteiger partial charge on any atom is -0.289 e. The number of rotatable bonds is 3. The molecule has 0 radical (unpaired) electrons. The third kappa shape index (κ3) is 2.97. The molecular weight excluding hydrogens is 180 g/mol. The quantitative estimate of drug-likeness (QED) is 0.509. The lowest BCUT2D eigenvalue weighted by atomic mass is 10.3. The highest BCUT2D eigenvalue weighted by Crippen LogP contribution is 2.26. The molecular formula is C6H9N2OS2+.